The predicted octanol–water partition coefficient (Wildman–Crippen LogP) is 0.941. The summed E-state index contributed by atoms with van der Waals surface area (Å²) in [5.41, 5.74) is 7.52. The van der Waals surface area contributed by atoms with E-state index in [1.807, 2.05) is 12.1 Å². The van der Waals surface area contributed by atoms with Crippen LogP contribution in [0.2, 0.25) is 0 Å². The summed E-state index contributed by atoms with van der Waals surface area (Å²) in [7, 11) is 0. The largest absolute Gasteiger partial charge is 0.378 e. The summed E-state index contributed by atoms with van der Waals surface area (Å²) in [5.74, 6) is -0.248. The van der Waals surface area contributed by atoms with Gasteiger partial charge in [0.2, 0.25) is 5.91 Å². The van der Waals surface area contributed by atoms with Crippen LogP contribution in [0.15, 0.2) is 24.3 Å². The maximum Gasteiger partial charge on any atom is 0.217 e. The Morgan fingerprint density at radius 2 is 2.12 bits per heavy atom. The van der Waals surface area contributed by atoms with E-state index in [0.717, 1.165) is 31.9 Å². The van der Waals surface area contributed by atoms with Gasteiger partial charge >= 0.3 is 0 Å². The van der Waals surface area contributed by atoms with Crippen molar-refractivity contribution in [3.63, 3.8) is 0 Å². The molecule has 92 valence electrons. The highest BCUT2D eigenvalue weighted by atomic mass is 16.5. The first kappa shape index (κ1) is 11.9. The quantitative estimate of drug-likeness (QED) is 0.843. The summed E-state index contributed by atoms with van der Waals surface area (Å²) in [6.07, 6.45) is 1.13. The average molecular weight is 234 g/mol. The smallest absolute Gasteiger partial charge is 0.217 e. The third kappa shape index (κ3) is 3.46. The number of anilines is 1. The molecule has 0 spiro atoms. The molecule has 1 aliphatic rings. The first-order valence-electron chi connectivity index (χ1n) is 5.95. The average Bonchev–Trinajstić information content (AvgIpc) is 2.38. The van der Waals surface area contributed by atoms with E-state index in [2.05, 4.69) is 17.0 Å². The Hall–Kier alpha value is -1.55. The fraction of sp³-hybridized carbons (Fsp3) is 0.462. The summed E-state index contributed by atoms with van der Waals surface area (Å²) in [5, 5.41) is 0. The van der Waals surface area contributed by atoms with Crippen molar-refractivity contribution in [1.82, 2.24) is 0 Å². The van der Waals surface area contributed by atoms with E-state index in [0.29, 0.717) is 12.8 Å². The summed E-state index contributed by atoms with van der Waals surface area (Å²) in [4.78, 5) is 13.1. The molecule has 1 heterocycles. The number of ether oxygens (including phenoxy) is 1. The maximum absolute atomic E-state index is 10.8. The molecule has 1 aromatic rings. The summed E-state index contributed by atoms with van der Waals surface area (Å²) in [6, 6.07) is 8.29. The second-order valence-electron chi connectivity index (χ2n) is 4.24. The zero-order chi connectivity index (χ0) is 12.1. The summed E-state index contributed by atoms with van der Waals surface area (Å²) >= 11 is 0. The van der Waals surface area contributed by atoms with Crippen LogP contribution in [0, 0.1) is 0 Å². The topological polar surface area (TPSA) is 55.6 Å². The van der Waals surface area contributed by atoms with E-state index >= 15 is 0 Å². The molecule has 1 saturated heterocycles. The molecule has 4 nitrogen and oxygen atoms in total. The highest BCUT2D eigenvalue weighted by molar-refractivity contribution is 5.74. The fourth-order valence-corrected chi connectivity index (χ4v) is 2.00. The lowest BCUT2D eigenvalue weighted by molar-refractivity contribution is -0.117. The van der Waals surface area contributed by atoms with Crippen LogP contribution in [0.4, 0.5) is 5.69 Å². The van der Waals surface area contributed by atoms with E-state index in [4.69, 9.17) is 10.5 Å². The monoisotopic (exact) mass is 234 g/mol. The lowest BCUT2D eigenvalue weighted by atomic mass is 10.1. The number of nitrogens with zero attached hydrogens (tertiary/aromatic N) is 1. The molecule has 0 aromatic heterocycles. The van der Waals surface area contributed by atoms with Crippen LogP contribution < -0.4 is 10.6 Å². The van der Waals surface area contributed by atoms with Crippen molar-refractivity contribution < 1.29 is 9.53 Å². The molecule has 4 heteroatoms. The zero-order valence-corrected chi connectivity index (χ0v) is 9.89. The van der Waals surface area contributed by atoms with Gasteiger partial charge in [0.1, 0.15) is 0 Å². The Morgan fingerprint density at radius 3 is 2.82 bits per heavy atom. The number of primary amides is 1. The molecule has 0 unspecified atom stereocenters. The minimum atomic E-state index is -0.248. The van der Waals surface area contributed by atoms with E-state index in [-0.39, 0.29) is 5.91 Å². The summed E-state index contributed by atoms with van der Waals surface area (Å²) < 4.78 is 5.33. The lowest BCUT2D eigenvalue weighted by Crippen LogP contribution is -2.36. The van der Waals surface area contributed by atoms with Crippen molar-refractivity contribution in [3.8, 4) is 0 Å². The van der Waals surface area contributed by atoms with Gasteiger partial charge in [-0.3, -0.25) is 4.79 Å². The minimum Gasteiger partial charge on any atom is -0.378 e. The first-order chi connectivity index (χ1) is 8.25. The highest BCUT2D eigenvalue weighted by Crippen LogP contribution is 2.18. The highest BCUT2D eigenvalue weighted by Gasteiger charge is 2.11. The molecule has 1 aromatic carbocycles. The number of aryl methyl sites for hydroxylation is 1. The molecule has 0 aliphatic carbocycles. The Balaban J connectivity index is 2.02. The summed E-state index contributed by atoms with van der Waals surface area (Å²) in [6.45, 7) is 3.43. The molecule has 1 aliphatic heterocycles. The van der Waals surface area contributed by atoms with E-state index in [1.165, 1.54) is 5.69 Å². The van der Waals surface area contributed by atoms with Crippen LogP contribution in [0.5, 0.6) is 0 Å². The second kappa shape index (κ2) is 5.68. The number of hydrogen-bond acceptors (Lipinski definition) is 3. The predicted molar refractivity (Wildman–Crippen MR) is 67.0 cm³/mol. The molecule has 17 heavy (non-hydrogen) atoms. The van der Waals surface area contributed by atoms with Crippen LogP contribution in [-0.2, 0) is 16.0 Å². The Bertz CT molecular complexity index is 387. The van der Waals surface area contributed by atoms with Gasteiger partial charge in [0.25, 0.3) is 0 Å². The van der Waals surface area contributed by atoms with E-state index in [1.54, 1.807) is 0 Å². The van der Waals surface area contributed by atoms with Gasteiger partial charge in [-0.05, 0) is 24.1 Å². The molecule has 1 fully saturated rings. The first-order valence-corrected chi connectivity index (χ1v) is 5.95. The molecule has 0 radical (unpaired) electrons. The number of morpholine rings is 1. The third-order valence-corrected chi connectivity index (χ3v) is 2.95. The molecule has 1 amide bonds. The maximum atomic E-state index is 10.8. The number of hydrogen-bond donors (Lipinski definition) is 1. The SMILES string of the molecule is NC(=O)CCc1cccc(N2CCOCC2)c1. The molecule has 0 atom stereocenters. The third-order valence-electron chi connectivity index (χ3n) is 2.95. The standard InChI is InChI=1S/C13H18N2O2/c14-13(16)5-4-11-2-1-3-12(10-11)15-6-8-17-9-7-15/h1-3,10H,4-9H2,(H2,14,16). The molecule has 0 bridgehead atoms. The molecule has 0 saturated carbocycles. The normalized spacial score (nSPS) is 15.9. The number of carbonyl (C=O) groups excluding carboxylic acids is 1. The van der Waals surface area contributed by atoms with Crippen LogP contribution in [0.1, 0.15) is 12.0 Å². The van der Waals surface area contributed by atoms with Gasteiger partial charge in [-0.25, -0.2) is 0 Å². The number of carbonyl (C=O) groups is 1. The van der Waals surface area contributed by atoms with Crippen molar-refractivity contribution in [2.24, 2.45) is 5.73 Å². The van der Waals surface area contributed by atoms with E-state index in [9.17, 15) is 4.79 Å². The van der Waals surface area contributed by atoms with Crippen molar-refractivity contribution in [2.45, 2.75) is 12.8 Å². The van der Waals surface area contributed by atoms with Crippen LogP contribution >= 0.6 is 0 Å². The molecule has 2 rings (SSSR count). The zero-order valence-electron chi connectivity index (χ0n) is 9.89. The number of rotatable bonds is 4. The Labute approximate surface area is 101 Å². The van der Waals surface area contributed by atoms with Gasteiger partial charge in [0.15, 0.2) is 0 Å². The molecular weight excluding hydrogens is 216 g/mol. The van der Waals surface area contributed by atoms with Crippen LogP contribution in [0.3, 0.4) is 0 Å². The van der Waals surface area contributed by atoms with Crippen LogP contribution in [-0.4, -0.2) is 32.2 Å². The van der Waals surface area contributed by atoms with Gasteiger partial charge in [0, 0.05) is 25.2 Å². The number of benzene rings is 1. The van der Waals surface area contributed by atoms with Crippen molar-refractivity contribution in [2.75, 3.05) is 31.2 Å². The van der Waals surface area contributed by atoms with Crippen molar-refractivity contribution >= 4 is 11.6 Å². The fourth-order valence-electron chi connectivity index (χ4n) is 2.00. The molecular formula is C13H18N2O2. The van der Waals surface area contributed by atoms with Gasteiger partial charge < -0.3 is 15.4 Å². The van der Waals surface area contributed by atoms with Crippen molar-refractivity contribution in [1.29, 1.82) is 0 Å². The van der Waals surface area contributed by atoms with Crippen LogP contribution in [0.25, 0.3) is 0 Å². The Morgan fingerprint density at radius 1 is 1.35 bits per heavy atom. The van der Waals surface area contributed by atoms with Gasteiger partial charge in [-0.15, -0.1) is 0 Å². The second-order valence-corrected chi connectivity index (χ2v) is 4.24. The number of nitrogens with two attached hydrogens (primary N) is 1. The molecule has 2 N–H and O–H groups in total. The minimum absolute atomic E-state index is 0.248. The number of amides is 1. The van der Waals surface area contributed by atoms with E-state index < -0.39 is 0 Å². The van der Waals surface area contributed by atoms with Crippen molar-refractivity contribution in [3.05, 3.63) is 29.8 Å². The van der Waals surface area contributed by atoms with Gasteiger partial charge in [0.05, 0.1) is 13.2 Å². The van der Waals surface area contributed by atoms with Gasteiger partial charge in [-0.1, -0.05) is 12.1 Å². The van der Waals surface area contributed by atoms with Gasteiger partial charge in [-0.2, -0.15) is 0 Å². The lowest BCUT2D eigenvalue weighted by Gasteiger charge is -2.29. The Kier molecular flexibility index (Phi) is 3.98.